The molecule has 2 heteroatoms. The summed E-state index contributed by atoms with van der Waals surface area (Å²) in [6.07, 6.45) is 6.36. The minimum Gasteiger partial charge on any atom is -0.497 e. The summed E-state index contributed by atoms with van der Waals surface area (Å²) in [5.74, 6) is 1.78. The highest BCUT2D eigenvalue weighted by Gasteiger charge is 2.19. The number of methoxy groups -OCH3 is 2. The van der Waals surface area contributed by atoms with Crippen LogP contribution in [0, 0.1) is 6.92 Å². The molecule has 3 aromatic rings. The average Bonchev–Trinajstić information content (AvgIpc) is 3.16. The Morgan fingerprint density at radius 3 is 2.41 bits per heavy atom. The first-order valence-electron chi connectivity index (χ1n) is 10.2. The van der Waals surface area contributed by atoms with Crippen LogP contribution in [0.4, 0.5) is 0 Å². The molecule has 0 saturated carbocycles. The monoisotopic (exact) mass is 384 g/mol. The molecule has 1 aliphatic carbocycles. The van der Waals surface area contributed by atoms with Gasteiger partial charge in [-0.1, -0.05) is 54.1 Å². The van der Waals surface area contributed by atoms with Gasteiger partial charge in [-0.3, -0.25) is 0 Å². The van der Waals surface area contributed by atoms with Crippen molar-refractivity contribution >= 4 is 5.57 Å². The highest BCUT2D eigenvalue weighted by Crippen LogP contribution is 2.36. The van der Waals surface area contributed by atoms with Gasteiger partial charge in [-0.25, -0.2) is 0 Å². The van der Waals surface area contributed by atoms with E-state index in [1.54, 1.807) is 14.2 Å². The van der Waals surface area contributed by atoms with E-state index >= 15 is 0 Å². The molecular weight excluding hydrogens is 356 g/mol. The van der Waals surface area contributed by atoms with E-state index in [9.17, 15) is 0 Å². The molecule has 2 nitrogen and oxygen atoms in total. The molecule has 0 bridgehead atoms. The Hall–Kier alpha value is -3.00. The van der Waals surface area contributed by atoms with Crippen LogP contribution in [0.25, 0.3) is 5.57 Å². The molecule has 0 unspecified atom stereocenters. The first-order chi connectivity index (χ1) is 14.2. The van der Waals surface area contributed by atoms with Gasteiger partial charge in [-0.15, -0.1) is 0 Å². The highest BCUT2D eigenvalue weighted by molar-refractivity contribution is 5.77. The molecular formula is C27H28O2. The van der Waals surface area contributed by atoms with Gasteiger partial charge in [0.1, 0.15) is 11.5 Å². The van der Waals surface area contributed by atoms with Gasteiger partial charge in [0, 0.05) is 12.0 Å². The maximum absolute atomic E-state index is 5.61. The van der Waals surface area contributed by atoms with Gasteiger partial charge in [0.15, 0.2) is 0 Å². The average molecular weight is 385 g/mol. The van der Waals surface area contributed by atoms with Crippen molar-refractivity contribution in [1.29, 1.82) is 0 Å². The summed E-state index contributed by atoms with van der Waals surface area (Å²) in [5, 5.41) is 0. The SMILES string of the molecule is COc1ccc(OC)c(CC2=CCc3cccc(CCc4ccc(C)cc4)c32)c1. The van der Waals surface area contributed by atoms with Crippen LogP contribution in [-0.2, 0) is 25.7 Å². The molecule has 0 aromatic heterocycles. The fourth-order valence-electron chi connectivity index (χ4n) is 4.20. The lowest BCUT2D eigenvalue weighted by Crippen LogP contribution is -2.01. The summed E-state index contributed by atoms with van der Waals surface area (Å²) in [7, 11) is 3.44. The third-order valence-corrected chi connectivity index (χ3v) is 5.80. The number of allylic oxidation sites excluding steroid dienone is 2. The number of fused-ring (bicyclic) bond motifs is 1. The third-order valence-electron chi connectivity index (χ3n) is 5.80. The highest BCUT2D eigenvalue weighted by atomic mass is 16.5. The van der Waals surface area contributed by atoms with Gasteiger partial charge >= 0.3 is 0 Å². The second kappa shape index (κ2) is 8.57. The second-order valence-corrected chi connectivity index (χ2v) is 7.72. The molecule has 0 heterocycles. The minimum atomic E-state index is 0.856. The van der Waals surface area contributed by atoms with E-state index in [1.807, 2.05) is 12.1 Å². The Kier molecular flexibility index (Phi) is 5.71. The molecule has 0 radical (unpaired) electrons. The van der Waals surface area contributed by atoms with E-state index in [2.05, 4.69) is 61.5 Å². The van der Waals surface area contributed by atoms with E-state index in [4.69, 9.17) is 9.47 Å². The topological polar surface area (TPSA) is 18.5 Å². The molecule has 148 valence electrons. The Morgan fingerprint density at radius 2 is 1.66 bits per heavy atom. The number of aryl methyl sites for hydroxylation is 3. The van der Waals surface area contributed by atoms with Crippen molar-refractivity contribution in [1.82, 2.24) is 0 Å². The van der Waals surface area contributed by atoms with Gasteiger partial charge in [-0.2, -0.15) is 0 Å². The fraction of sp³-hybridized carbons (Fsp3) is 0.259. The first kappa shape index (κ1) is 19.3. The quantitative estimate of drug-likeness (QED) is 0.499. The summed E-state index contributed by atoms with van der Waals surface area (Å²) in [6, 6.07) is 21.7. The van der Waals surface area contributed by atoms with E-state index in [-0.39, 0.29) is 0 Å². The minimum absolute atomic E-state index is 0.856. The standard InChI is InChI=1S/C27H28O2/c1-19-7-9-20(10-8-19)11-12-21-5-4-6-22-13-14-23(27(21)22)17-24-18-25(28-2)15-16-26(24)29-3/h4-10,14-16,18H,11-13,17H2,1-3H3. The van der Waals surface area contributed by atoms with Crippen molar-refractivity contribution in [2.75, 3.05) is 14.2 Å². The first-order valence-corrected chi connectivity index (χ1v) is 10.2. The van der Waals surface area contributed by atoms with Gasteiger partial charge in [0.25, 0.3) is 0 Å². The molecule has 0 atom stereocenters. The predicted molar refractivity (Wildman–Crippen MR) is 120 cm³/mol. The zero-order chi connectivity index (χ0) is 20.2. The van der Waals surface area contributed by atoms with Crippen molar-refractivity contribution in [2.24, 2.45) is 0 Å². The van der Waals surface area contributed by atoms with Gasteiger partial charge in [0.2, 0.25) is 0 Å². The van der Waals surface area contributed by atoms with Crippen molar-refractivity contribution < 1.29 is 9.47 Å². The summed E-state index contributed by atoms with van der Waals surface area (Å²) in [4.78, 5) is 0. The maximum Gasteiger partial charge on any atom is 0.122 e. The number of benzene rings is 3. The van der Waals surface area contributed by atoms with Crippen LogP contribution in [0.5, 0.6) is 11.5 Å². The molecule has 29 heavy (non-hydrogen) atoms. The summed E-state index contributed by atoms with van der Waals surface area (Å²) in [6.45, 7) is 2.14. The van der Waals surface area contributed by atoms with Gasteiger partial charge < -0.3 is 9.47 Å². The Bertz CT molecular complexity index is 1030. The van der Waals surface area contributed by atoms with Crippen molar-refractivity contribution in [3.05, 3.63) is 100 Å². The third kappa shape index (κ3) is 4.22. The van der Waals surface area contributed by atoms with Crippen LogP contribution in [0.15, 0.2) is 66.7 Å². The number of rotatable bonds is 7. The van der Waals surface area contributed by atoms with Crippen LogP contribution >= 0.6 is 0 Å². The molecule has 0 saturated heterocycles. The maximum atomic E-state index is 5.61. The summed E-state index contributed by atoms with van der Waals surface area (Å²) < 4.78 is 11.0. The lowest BCUT2D eigenvalue weighted by Gasteiger charge is -2.15. The molecule has 0 spiro atoms. The van der Waals surface area contributed by atoms with Crippen LogP contribution in [-0.4, -0.2) is 14.2 Å². The van der Waals surface area contributed by atoms with Crippen LogP contribution < -0.4 is 9.47 Å². The van der Waals surface area contributed by atoms with E-state index in [1.165, 1.54) is 39.0 Å². The fourth-order valence-corrected chi connectivity index (χ4v) is 4.20. The second-order valence-electron chi connectivity index (χ2n) is 7.72. The van der Waals surface area contributed by atoms with Crippen molar-refractivity contribution in [3.8, 4) is 11.5 Å². The van der Waals surface area contributed by atoms with E-state index < -0.39 is 0 Å². The molecule has 1 aliphatic rings. The van der Waals surface area contributed by atoms with Gasteiger partial charge in [-0.05, 0) is 72.2 Å². The largest absolute Gasteiger partial charge is 0.497 e. The molecule has 0 N–H and O–H groups in total. The Morgan fingerprint density at radius 1 is 0.828 bits per heavy atom. The Labute approximate surface area is 173 Å². The molecule has 0 amide bonds. The Balaban J connectivity index is 1.59. The number of ether oxygens (including phenoxy) is 2. The lowest BCUT2D eigenvalue weighted by atomic mass is 9.91. The molecule has 0 fully saturated rings. The predicted octanol–water partition coefficient (Wildman–Crippen LogP) is 5.98. The summed E-state index contributed by atoms with van der Waals surface area (Å²) in [5.41, 5.74) is 9.57. The smallest absolute Gasteiger partial charge is 0.122 e. The number of hydrogen-bond acceptors (Lipinski definition) is 2. The van der Waals surface area contributed by atoms with E-state index in [0.29, 0.717) is 0 Å². The van der Waals surface area contributed by atoms with Gasteiger partial charge in [0.05, 0.1) is 14.2 Å². The van der Waals surface area contributed by atoms with Crippen molar-refractivity contribution in [2.45, 2.75) is 32.6 Å². The van der Waals surface area contributed by atoms with Crippen LogP contribution in [0.1, 0.15) is 33.4 Å². The molecule has 4 rings (SSSR count). The molecule has 3 aromatic carbocycles. The number of hydrogen-bond donors (Lipinski definition) is 0. The lowest BCUT2D eigenvalue weighted by molar-refractivity contribution is 0.400. The van der Waals surface area contributed by atoms with Crippen molar-refractivity contribution in [3.63, 3.8) is 0 Å². The molecule has 0 aliphatic heterocycles. The van der Waals surface area contributed by atoms with Crippen LogP contribution in [0.2, 0.25) is 0 Å². The normalized spacial score (nSPS) is 12.4. The van der Waals surface area contributed by atoms with Crippen LogP contribution in [0.3, 0.4) is 0 Å². The summed E-state index contributed by atoms with van der Waals surface area (Å²) >= 11 is 0. The van der Waals surface area contributed by atoms with E-state index in [0.717, 1.165) is 37.2 Å². The zero-order valence-corrected chi connectivity index (χ0v) is 17.5. The zero-order valence-electron chi connectivity index (χ0n) is 17.5.